The first-order valence-corrected chi connectivity index (χ1v) is 7.04. The molecule has 5 nitrogen and oxygen atoms in total. The molecule has 1 aliphatic heterocycles. The van der Waals surface area contributed by atoms with Crippen LogP contribution in [-0.2, 0) is 20.4 Å². The van der Waals surface area contributed by atoms with Crippen molar-refractivity contribution in [2.24, 2.45) is 5.92 Å². The molecule has 0 radical (unpaired) electrons. The maximum Gasteiger partial charge on any atom is 0.308 e. The fourth-order valence-electron chi connectivity index (χ4n) is 1.79. The van der Waals surface area contributed by atoms with Gasteiger partial charge in [0.15, 0.2) is 0 Å². The Kier molecular flexibility index (Phi) is 4.92. The average molecular weight is 247 g/mol. The summed E-state index contributed by atoms with van der Waals surface area (Å²) in [7, 11) is -0.853. The number of rotatable bonds is 5. The molecule has 1 fully saturated rings. The number of carbonyl (C=O) groups excluding carboxylic acids is 1. The van der Waals surface area contributed by atoms with Gasteiger partial charge in [0.2, 0.25) is 5.91 Å². The molecule has 1 amide bonds. The highest BCUT2D eigenvalue weighted by atomic mass is 32.2. The quantitative estimate of drug-likeness (QED) is 0.746. The number of carboxylic acid groups (broad SMARTS) is 1. The standard InChI is InChI=1S/C10H17NO4S/c1-16(15)6-2-5-11-7-8(10(13)14)3-4-9(11)12/h8H,2-7H2,1H3,(H,13,14). The van der Waals surface area contributed by atoms with E-state index in [2.05, 4.69) is 0 Å². The lowest BCUT2D eigenvalue weighted by atomic mass is 9.98. The minimum atomic E-state index is -0.853. The van der Waals surface area contributed by atoms with Crippen LogP contribution in [0.5, 0.6) is 0 Å². The molecule has 0 spiro atoms. The van der Waals surface area contributed by atoms with Crippen LogP contribution in [0.15, 0.2) is 0 Å². The van der Waals surface area contributed by atoms with Gasteiger partial charge >= 0.3 is 5.97 Å². The molecule has 0 aliphatic carbocycles. The smallest absolute Gasteiger partial charge is 0.308 e. The summed E-state index contributed by atoms with van der Waals surface area (Å²) < 4.78 is 10.9. The van der Waals surface area contributed by atoms with Gasteiger partial charge in [0.05, 0.1) is 5.92 Å². The fourth-order valence-corrected chi connectivity index (χ4v) is 2.33. The van der Waals surface area contributed by atoms with Gasteiger partial charge in [-0.1, -0.05) is 0 Å². The number of nitrogens with zero attached hydrogens (tertiary/aromatic N) is 1. The van der Waals surface area contributed by atoms with Gasteiger partial charge in [0, 0.05) is 42.3 Å². The molecular formula is C10H17NO4S. The fraction of sp³-hybridized carbons (Fsp3) is 0.800. The van der Waals surface area contributed by atoms with Crippen LogP contribution < -0.4 is 0 Å². The summed E-state index contributed by atoms with van der Waals surface area (Å²) in [6.45, 7) is 0.812. The van der Waals surface area contributed by atoms with Crippen LogP contribution in [0.2, 0.25) is 0 Å². The third-order valence-electron chi connectivity index (χ3n) is 2.71. The lowest BCUT2D eigenvalue weighted by Crippen LogP contribution is -2.43. The van der Waals surface area contributed by atoms with Crippen LogP contribution in [-0.4, -0.2) is 51.2 Å². The van der Waals surface area contributed by atoms with Crippen LogP contribution in [0.1, 0.15) is 19.3 Å². The van der Waals surface area contributed by atoms with Crippen LogP contribution in [0.25, 0.3) is 0 Å². The lowest BCUT2D eigenvalue weighted by Gasteiger charge is -2.30. The van der Waals surface area contributed by atoms with Gasteiger partial charge in [-0.2, -0.15) is 0 Å². The van der Waals surface area contributed by atoms with Crippen LogP contribution in [0, 0.1) is 5.92 Å². The molecule has 0 aromatic heterocycles. The van der Waals surface area contributed by atoms with E-state index in [0.717, 1.165) is 0 Å². The molecule has 0 saturated carbocycles. The van der Waals surface area contributed by atoms with Crippen molar-refractivity contribution in [2.75, 3.05) is 25.1 Å². The summed E-state index contributed by atoms with van der Waals surface area (Å²) in [6.07, 6.45) is 3.04. The van der Waals surface area contributed by atoms with E-state index < -0.39 is 22.7 Å². The molecule has 1 heterocycles. The van der Waals surface area contributed by atoms with Crippen molar-refractivity contribution >= 4 is 22.7 Å². The number of likely N-dealkylation sites (tertiary alicyclic amines) is 1. The molecule has 1 saturated heterocycles. The summed E-state index contributed by atoms with van der Waals surface area (Å²) >= 11 is 0. The average Bonchev–Trinajstić information content (AvgIpc) is 2.20. The largest absolute Gasteiger partial charge is 0.481 e. The molecule has 6 heteroatoms. The van der Waals surface area contributed by atoms with E-state index in [0.29, 0.717) is 38.1 Å². The Bertz CT molecular complexity index is 305. The maximum absolute atomic E-state index is 11.5. The highest BCUT2D eigenvalue weighted by Crippen LogP contribution is 2.17. The number of amides is 1. The molecule has 0 aromatic carbocycles. The third-order valence-corrected chi connectivity index (χ3v) is 3.57. The summed E-state index contributed by atoms with van der Waals surface area (Å²) in [6, 6.07) is 0. The summed E-state index contributed by atoms with van der Waals surface area (Å²) in [5.41, 5.74) is 0. The minimum absolute atomic E-state index is 0.0133. The Morgan fingerprint density at radius 2 is 2.31 bits per heavy atom. The van der Waals surface area contributed by atoms with Gasteiger partial charge in [-0.3, -0.25) is 13.8 Å². The van der Waals surface area contributed by atoms with Crippen molar-refractivity contribution in [1.82, 2.24) is 4.90 Å². The summed E-state index contributed by atoms with van der Waals surface area (Å²) in [5.74, 6) is -0.706. The monoisotopic (exact) mass is 247 g/mol. The molecule has 2 unspecified atom stereocenters. The molecule has 0 aromatic rings. The topological polar surface area (TPSA) is 74.7 Å². The second-order valence-electron chi connectivity index (χ2n) is 4.04. The van der Waals surface area contributed by atoms with Crippen molar-refractivity contribution < 1.29 is 18.9 Å². The lowest BCUT2D eigenvalue weighted by molar-refractivity contribution is -0.147. The number of aliphatic carboxylic acids is 1. The summed E-state index contributed by atoms with van der Waals surface area (Å²) in [5, 5.41) is 8.87. The SMILES string of the molecule is CS(=O)CCCN1CC(C(=O)O)CCC1=O. The van der Waals surface area contributed by atoms with Gasteiger partial charge in [-0.15, -0.1) is 0 Å². The maximum atomic E-state index is 11.5. The van der Waals surface area contributed by atoms with Gasteiger partial charge < -0.3 is 10.0 Å². The predicted octanol–water partition coefficient (Wildman–Crippen LogP) is 0.0782. The number of hydrogen-bond acceptors (Lipinski definition) is 3. The van der Waals surface area contributed by atoms with Crippen molar-refractivity contribution in [3.8, 4) is 0 Å². The van der Waals surface area contributed by atoms with E-state index in [1.165, 1.54) is 0 Å². The van der Waals surface area contributed by atoms with E-state index in [4.69, 9.17) is 5.11 Å². The zero-order chi connectivity index (χ0) is 12.1. The Balaban J connectivity index is 2.40. The zero-order valence-corrected chi connectivity index (χ0v) is 10.2. The Labute approximate surface area is 97.3 Å². The predicted molar refractivity (Wildman–Crippen MR) is 60.5 cm³/mol. The van der Waals surface area contributed by atoms with Crippen molar-refractivity contribution in [3.05, 3.63) is 0 Å². The Morgan fingerprint density at radius 1 is 1.62 bits per heavy atom. The highest BCUT2D eigenvalue weighted by molar-refractivity contribution is 7.84. The molecule has 1 N–H and O–H groups in total. The molecule has 92 valence electrons. The normalized spacial score (nSPS) is 23.2. The second kappa shape index (κ2) is 5.98. The highest BCUT2D eigenvalue weighted by Gasteiger charge is 2.29. The van der Waals surface area contributed by atoms with Gasteiger partial charge in [0.1, 0.15) is 0 Å². The van der Waals surface area contributed by atoms with E-state index in [-0.39, 0.29) is 5.91 Å². The number of carbonyl (C=O) groups is 2. The van der Waals surface area contributed by atoms with Gasteiger partial charge in [-0.25, -0.2) is 0 Å². The molecular weight excluding hydrogens is 230 g/mol. The Hall–Kier alpha value is -0.910. The number of piperidine rings is 1. The van der Waals surface area contributed by atoms with E-state index >= 15 is 0 Å². The van der Waals surface area contributed by atoms with Crippen LogP contribution in [0.4, 0.5) is 0 Å². The first-order chi connectivity index (χ1) is 7.50. The summed E-state index contributed by atoms with van der Waals surface area (Å²) in [4.78, 5) is 23.9. The van der Waals surface area contributed by atoms with E-state index in [9.17, 15) is 13.8 Å². The number of carboxylic acids is 1. The number of hydrogen-bond donors (Lipinski definition) is 1. The van der Waals surface area contributed by atoms with Crippen molar-refractivity contribution in [3.63, 3.8) is 0 Å². The first-order valence-electron chi connectivity index (χ1n) is 5.31. The van der Waals surface area contributed by atoms with Crippen molar-refractivity contribution in [1.29, 1.82) is 0 Å². The molecule has 1 aliphatic rings. The first kappa shape index (κ1) is 13.2. The molecule has 0 bridgehead atoms. The Morgan fingerprint density at radius 3 is 2.88 bits per heavy atom. The van der Waals surface area contributed by atoms with E-state index in [1.807, 2.05) is 0 Å². The third kappa shape index (κ3) is 3.92. The molecule has 2 atom stereocenters. The van der Waals surface area contributed by atoms with E-state index in [1.54, 1.807) is 11.2 Å². The molecule has 1 rings (SSSR count). The minimum Gasteiger partial charge on any atom is -0.481 e. The van der Waals surface area contributed by atoms with Crippen LogP contribution >= 0.6 is 0 Å². The van der Waals surface area contributed by atoms with Crippen molar-refractivity contribution in [2.45, 2.75) is 19.3 Å². The second-order valence-corrected chi connectivity index (χ2v) is 5.60. The molecule has 16 heavy (non-hydrogen) atoms. The van der Waals surface area contributed by atoms with Gasteiger partial charge in [0.25, 0.3) is 0 Å². The van der Waals surface area contributed by atoms with Gasteiger partial charge in [-0.05, 0) is 12.8 Å². The van der Waals surface area contributed by atoms with Crippen LogP contribution in [0.3, 0.4) is 0 Å². The zero-order valence-electron chi connectivity index (χ0n) is 9.35.